The highest BCUT2D eigenvalue weighted by atomic mass is 35.5. The molecule has 2 aliphatic heterocycles. The van der Waals surface area contributed by atoms with Crippen molar-refractivity contribution in [2.75, 3.05) is 26.2 Å². The third kappa shape index (κ3) is 5.99. The van der Waals surface area contributed by atoms with E-state index >= 15 is 0 Å². The maximum atomic E-state index is 12.6. The molecule has 0 bridgehead atoms. The van der Waals surface area contributed by atoms with E-state index in [1.54, 1.807) is 17.4 Å². The van der Waals surface area contributed by atoms with Gasteiger partial charge in [0.25, 0.3) is 0 Å². The largest absolute Gasteiger partial charge is 0.441 e. The lowest BCUT2D eigenvalue weighted by molar-refractivity contribution is -0.136. The van der Waals surface area contributed by atoms with Gasteiger partial charge in [0.2, 0.25) is 5.91 Å². The number of likely N-dealkylation sites (tertiary alicyclic amines) is 1. The lowest BCUT2D eigenvalue weighted by atomic mass is 9.90. The Labute approximate surface area is 184 Å². The number of aromatic amines is 1. The number of H-pyrrole nitrogens is 1. The first-order chi connectivity index (χ1) is 13.0. The molecule has 2 amide bonds. The second-order valence-electron chi connectivity index (χ2n) is 7.83. The first kappa shape index (κ1) is 25.5. The first-order valence-electron chi connectivity index (χ1n) is 9.96. The van der Waals surface area contributed by atoms with Gasteiger partial charge in [0.1, 0.15) is 5.60 Å². The Morgan fingerprint density at radius 2 is 1.97 bits per heavy atom. The van der Waals surface area contributed by atoms with E-state index in [9.17, 15) is 9.59 Å². The van der Waals surface area contributed by atoms with Crippen LogP contribution in [0.5, 0.6) is 0 Å². The van der Waals surface area contributed by atoms with Crippen LogP contribution in [-0.4, -0.2) is 69.6 Å². The van der Waals surface area contributed by atoms with Crippen molar-refractivity contribution in [2.45, 2.75) is 57.6 Å². The van der Waals surface area contributed by atoms with Crippen LogP contribution in [0.15, 0.2) is 12.5 Å². The molecule has 0 radical (unpaired) electrons. The molecule has 0 aromatic carbocycles. The molecule has 2 aliphatic rings. The van der Waals surface area contributed by atoms with Crippen LogP contribution in [0.4, 0.5) is 4.79 Å². The van der Waals surface area contributed by atoms with Crippen molar-refractivity contribution < 1.29 is 14.3 Å². The predicted molar refractivity (Wildman–Crippen MR) is 115 cm³/mol. The fourth-order valence-corrected chi connectivity index (χ4v) is 4.04. The Hall–Kier alpha value is -1.51. The van der Waals surface area contributed by atoms with Crippen LogP contribution in [-0.2, 0) is 16.0 Å². The number of nitrogens with one attached hydrogen (secondary N) is 1. The SMILES string of the molecule is CCC(CC)CN1CC2(CCN(C(=O)[C@@H](N)Cc3cnc[nH]3)CC2)OC1=O.Cl.Cl. The van der Waals surface area contributed by atoms with Gasteiger partial charge in [-0.25, -0.2) is 9.78 Å². The minimum Gasteiger partial charge on any atom is -0.441 e. The van der Waals surface area contributed by atoms with Crippen LogP contribution in [0, 0.1) is 5.92 Å². The highest BCUT2D eigenvalue weighted by Gasteiger charge is 2.47. The van der Waals surface area contributed by atoms with E-state index in [4.69, 9.17) is 10.5 Å². The molecule has 1 aromatic rings. The van der Waals surface area contributed by atoms with E-state index < -0.39 is 11.6 Å². The number of aromatic nitrogens is 2. The monoisotopic (exact) mass is 449 g/mol. The molecular formula is C19H33Cl2N5O3. The van der Waals surface area contributed by atoms with Crippen LogP contribution >= 0.6 is 24.8 Å². The van der Waals surface area contributed by atoms with Gasteiger partial charge in [-0.15, -0.1) is 24.8 Å². The van der Waals surface area contributed by atoms with Gasteiger partial charge in [0, 0.05) is 50.8 Å². The van der Waals surface area contributed by atoms with Crippen molar-refractivity contribution in [3.8, 4) is 0 Å². The van der Waals surface area contributed by atoms with Crippen LogP contribution < -0.4 is 5.73 Å². The second-order valence-corrected chi connectivity index (χ2v) is 7.83. The Balaban J connectivity index is 0.00000210. The summed E-state index contributed by atoms with van der Waals surface area (Å²) in [5.74, 6) is 0.451. The van der Waals surface area contributed by atoms with E-state index in [-0.39, 0.29) is 36.8 Å². The molecule has 3 heterocycles. The summed E-state index contributed by atoms with van der Waals surface area (Å²) in [5.41, 5.74) is 6.48. The topological polar surface area (TPSA) is 105 Å². The number of ether oxygens (including phenoxy) is 1. The molecule has 166 valence electrons. The Morgan fingerprint density at radius 1 is 1.31 bits per heavy atom. The zero-order valence-corrected chi connectivity index (χ0v) is 18.8. The third-order valence-electron chi connectivity index (χ3n) is 5.97. The number of amides is 2. The summed E-state index contributed by atoms with van der Waals surface area (Å²) in [7, 11) is 0. The first-order valence-corrected chi connectivity index (χ1v) is 9.96. The number of nitrogens with two attached hydrogens (primary N) is 1. The van der Waals surface area contributed by atoms with Crippen LogP contribution in [0.1, 0.15) is 45.2 Å². The zero-order chi connectivity index (χ0) is 19.4. The number of hydrogen-bond donors (Lipinski definition) is 2. The lowest BCUT2D eigenvalue weighted by Crippen LogP contribution is -2.53. The van der Waals surface area contributed by atoms with E-state index in [0.29, 0.717) is 44.8 Å². The maximum absolute atomic E-state index is 12.6. The van der Waals surface area contributed by atoms with Gasteiger partial charge < -0.3 is 25.3 Å². The maximum Gasteiger partial charge on any atom is 0.410 e. The van der Waals surface area contributed by atoms with E-state index in [2.05, 4.69) is 23.8 Å². The molecule has 0 unspecified atom stereocenters. The molecule has 1 atom stereocenters. The standard InChI is InChI=1S/C19H31N5O3.2ClH/c1-3-14(4-2)11-24-12-19(27-18(24)26)5-7-23(8-6-19)17(25)16(20)9-15-10-21-13-22-15;;/h10,13-14,16H,3-9,11-12,20H2,1-2H3,(H,21,22);2*1H/t16-;;/m0../s1. The molecule has 0 aliphatic carbocycles. The Bertz CT molecular complexity index is 646. The highest BCUT2D eigenvalue weighted by Crippen LogP contribution is 2.34. The second kappa shape index (κ2) is 11.0. The molecule has 10 heteroatoms. The van der Waals surface area contributed by atoms with Crippen molar-refractivity contribution in [1.82, 2.24) is 19.8 Å². The molecule has 2 fully saturated rings. The number of piperidine rings is 1. The number of carbonyl (C=O) groups is 2. The summed E-state index contributed by atoms with van der Waals surface area (Å²) >= 11 is 0. The van der Waals surface area contributed by atoms with Crippen molar-refractivity contribution >= 4 is 36.8 Å². The number of imidazole rings is 1. The van der Waals surface area contributed by atoms with Gasteiger partial charge in [-0.1, -0.05) is 26.7 Å². The highest BCUT2D eigenvalue weighted by molar-refractivity contribution is 5.85. The quantitative estimate of drug-likeness (QED) is 0.664. The average molecular weight is 450 g/mol. The molecular weight excluding hydrogens is 417 g/mol. The normalized spacial score (nSPS) is 19.0. The summed E-state index contributed by atoms with van der Waals surface area (Å²) in [6.07, 6.45) is 6.95. The molecule has 1 aromatic heterocycles. The van der Waals surface area contributed by atoms with E-state index in [1.165, 1.54) is 0 Å². The molecule has 29 heavy (non-hydrogen) atoms. The smallest absolute Gasteiger partial charge is 0.410 e. The van der Waals surface area contributed by atoms with Crippen LogP contribution in [0.3, 0.4) is 0 Å². The Morgan fingerprint density at radius 3 is 2.52 bits per heavy atom. The summed E-state index contributed by atoms with van der Waals surface area (Å²) in [6.45, 7) is 6.84. The number of hydrogen-bond acceptors (Lipinski definition) is 5. The third-order valence-corrected chi connectivity index (χ3v) is 5.97. The van der Waals surface area contributed by atoms with Crippen molar-refractivity contribution in [3.05, 3.63) is 18.2 Å². The zero-order valence-electron chi connectivity index (χ0n) is 17.1. The van der Waals surface area contributed by atoms with Gasteiger partial charge in [0.15, 0.2) is 0 Å². The summed E-state index contributed by atoms with van der Waals surface area (Å²) in [6, 6.07) is -0.586. The van der Waals surface area contributed by atoms with Crippen LogP contribution in [0.2, 0.25) is 0 Å². The number of carbonyl (C=O) groups excluding carboxylic acids is 2. The number of nitrogens with zero attached hydrogens (tertiary/aromatic N) is 3. The van der Waals surface area contributed by atoms with E-state index in [1.807, 2.05) is 4.90 Å². The predicted octanol–water partition coefficient (Wildman–Crippen LogP) is 2.37. The fourth-order valence-electron chi connectivity index (χ4n) is 4.04. The molecule has 8 nitrogen and oxygen atoms in total. The fraction of sp³-hybridized carbons (Fsp3) is 0.737. The number of halogens is 2. The van der Waals surface area contributed by atoms with Gasteiger partial charge in [-0.05, 0) is 5.92 Å². The summed E-state index contributed by atoms with van der Waals surface area (Å²) in [4.78, 5) is 35.5. The van der Waals surface area contributed by atoms with Crippen molar-refractivity contribution in [1.29, 1.82) is 0 Å². The summed E-state index contributed by atoms with van der Waals surface area (Å²) in [5, 5.41) is 0. The molecule has 2 saturated heterocycles. The van der Waals surface area contributed by atoms with Crippen molar-refractivity contribution in [3.63, 3.8) is 0 Å². The van der Waals surface area contributed by atoms with Crippen LogP contribution in [0.25, 0.3) is 0 Å². The summed E-state index contributed by atoms with van der Waals surface area (Å²) < 4.78 is 5.77. The molecule has 0 saturated carbocycles. The van der Waals surface area contributed by atoms with Gasteiger partial charge >= 0.3 is 6.09 Å². The lowest BCUT2D eigenvalue weighted by Gasteiger charge is -2.38. The van der Waals surface area contributed by atoms with Gasteiger partial charge in [-0.3, -0.25) is 4.79 Å². The van der Waals surface area contributed by atoms with E-state index in [0.717, 1.165) is 25.1 Å². The minimum atomic E-state index is -0.586. The minimum absolute atomic E-state index is 0. The average Bonchev–Trinajstić information content (AvgIpc) is 3.28. The molecule has 3 N–H and O–H groups in total. The molecule has 3 rings (SSSR count). The van der Waals surface area contributed by atoms with Gasteiger partial charge in [0.05, 0.1) is 18.9 Å². The van der Waals surface area contributed by atoms with Crippen molar-refractivity contribution in [2.24, 2.45) is 11.7 Å². The molecule has 1 spiro atoms. The number of rotatable bonds is 7. The van der Waals surface area contributed by atoms with Gasteiger partial charge in [-0.2, -0.15) is 0 Å². The Kier molecular flexibility index (Phi) is 9.71.